The van der Waals surface area contributed by atoms with E-state index in [-0.39, 0.29) is 16.5 Å². The number of benzene rings is 5. The molecule has 0 heterocycles. The Labute approximate surface area is 174 Å². The van der Waals surface area contributed by atoms with Gasteiger partial charge in [-0.05, 0) is 69.1 Å². The minimum absolute atomic E-state index is 0.00799. The largest absolute Gasteiger partial charge is 0.207 e. The van der Waals surface area contributed by atoms with Gasteiger partial charge < -0.3 is 0 Å². The molecule has 0 aliphatic heterocycles. The molecule has 0 spiro atoms. The molecule has 0 aliphatic carbocycles. The molecule has 5 aromatic rings. The van der Waals surface area contributed by atoms with Gasteiger partial charge in [0, 0.05) is 17.2 Å². The van der Waals surface area contributed by atoms with E-state index >= 15 is 0 Å². The summed E-state index contributed by atoms with van der Waals surface area (Å²) in [5.41, 5.74) is 1.41. The molecule has 5 aromatic carbocycles. The van der Waals surface area contributed by atoms with Gasteiger partial charge in [-0.25, -0.2) is 22.0 Å². The molecule has 0 radical (unpaired) electrons. The van der Waals surface area contributed by atoms with Crippen molar-refractivity contribution >= 4 is 21.5 Å². The number of hydrogen-bond acceptors (Lipinski definition) is 0. The van der Waals surface area contributed by atoms with E-state index in [4.69, 9.17) is 0 Å². The van der Waals surface area contributed by atoms with Crippen LogP contribution in [0.5, 0.6) is 0 Å². The average molecular weight is 420 g/mol. The van der Waals surface area contributed by atoms with E-state index < -0.39 is 29.1 Å². The van der Waals surface area contributed by atoms with Crippen LogP contribution in [0.2, 0.25) is 0 Å². The first-order valence-electron chi connectivity index (χ1n) is 9.49. The smallest absolute Gasteiger partial charge is 0.159 e. The molecule has 0 bridgehead atoms. The lowest BCUT2D eigenvalue weighted by molar-refractivity contribution is 0.511. The lowest BCUT2D eigenvalue weighted by Crippen LogP contribution is -1.96. The van der Waals surface area contributed by atoms with Gasteiger partial charge in [0.1, 0.15) is 17.5 Å². The SMILES string of the molecule is Fc1ccc(-c2c3ccc(F)cc3c(-c3ccccc3)c3cc(F)c(F)cc23)c(F)c1. The summed E-state index contributed by atoms with van der Waals surface area (Å²) in [7, 11) is 0. The topological polar surface area (TPSA) is 0 Å². The maximum absolute atomic E-state index is 14.8. The number of rotatable bonds is 2. The van der Waals surface area contributed by atoms with Crippen molar-refractivity contribution in [2.24, 2.45) is 0 Å². The normalized spacial score (nSPS) is 11.4. The van der Waals surface area contributed by atoms with Gasteiger partial charge in [-0.2, -0.15) is 0 Å². The Morgan fingerprint density at radius 3 is 1.68 bits per heavy atom. The quantitative estimate of drug-likeness (QED) is 0.200. The summed E-state index contributed by atoms with van der Waals surface area (Å²) < 4.78 is 71.3. The van der Waals surface area contributed by atoms with E-state index in [1.54, 1.807) is 30.3 Å². The molecular weight excluding hydrogens is 407 g/mol. The Kier molecular flexibility index (Phi) is 4.47. The first kappa shape index (κ1) is 19.2. The zero-order chi connectivity index (χ0) is 21.7. The second kappa shape index (κ2) is 7.20. The van der Waals surface area contributed by atoms with Crippen molar-refractivity contribution in [2.45, 2.75) is 0 Å². The van der Waals surface area contributed by atoms with Crippen LogP contribution in [-0.4, -0.2) is 0 Å². The van der Waals surface area contributed by atoms with E-state index in [0.717, 1.165) is 24.3 Å². The molecular formula is C26H13F5. The molecule has 0 saturated heterocycles. The van der Waals surface area contributed by atoms with Gasteiger partial charge in [-0.15, -0.1) is 0 Å². The third-order valence-electron chi connectivity index (χ3n) is 5.38. The molecule has 5 rings (SSSR count). The summed E-state index contributed by atoms with van der Waals surface area (Å²) in [5, 5.41) is 1.37. The number of halogens is 5. The third-order valence-corrected chi connectivity index (χ3v) is 5.38. The van der Waals surface area contributed by atoms with Gasteiger partial charge in [0.25, 0.3) is 0 Å². The molecule has 0 saturated carbocycles. The van der Waals surface area contributed by atoms with Crippen LogP contribution in [0.4, 0.5) is 22.0 Å². The van der Waals surface area contributed by atoms with Crippen molar-refractivity contribution in [3.05, 3.63) is 108 Å². The minimum atomic E-state index is -1.10. The predicted molar refractivity (Wildman–Crippen MR) is 112 cm³/mol. The first-order chi connectivity index (χ1) is 14.9. The monoisotopic (exact) mass is 420 g/mol. The van der Waals surface area contributed by atoms with Crippen LogP contribution in [0.1, 0.15) is 0 Å². The second-order valence-corrected chi connectivity index (χ2v) is 7.24. The third kappa shape index (κ3) is 3.13. The van der Waals surface area contributed by atoms with E-state index in [1.807, 2.05) is 0 Å². The maximum atomic E-state index is 14.8. The summed E-state index contributed by atoms with van der Waals surface area (Å²) in [4.78, 5) is 0. The van der Waals surface area contributed by atoms with Crippen LogP contribution in [0.25, 0.3) is 43.8 Å². The molecule has 152 valence electrons. The molecule has 0 aliphatic rings. The summed E-state index contributed by atoms with van der Waals surface area (Å²) in [5.74, 6) is -4.33. The lowest BCUT2D eigenvalue weighted by atomic mass is 9.85. The molecule has 5 heteroatoms. The zero-order valence-corrected chi connectivity index (χ0v) is 15.9. The van der Waals surface area contributed by atoms with Crippen molar-refractivity contribution < 1.29 is 22.0 Å². The Bertz CT molecular complexity index is 1470. The van der Waals surface area contributed by atoms with E-state index in [9.17, 15) is 22.0 Å². The zero-order valence-electron chi connectivity index (χ0n) is 15.9. The van der Waals surface area contributed by atoms with Crippen molar-refractivity contribution in [2.75, 3.05) is 0 Å². The van der Waals surface area contributed by atoms with Crippen LogP contribution in [0.15, 0.2) is 78.9 Å². The maximum Gasteiger partial charge on any atom is 0.159 e. The molecule has 0 atom stereocenters. The Morgan fingerprint density at radius 1 is 0.419 bits per heavy atom. The molecule has 0 N–H and O–H groups in total. The van der Waals surface area contributed by atoms with Crippen molar-refractivity contribution in [3.63, 3.8) is 0 Å². The summed E-state index contributed by atoms with van der Waals surface area (Å²) >= 11 is 0. The van der Waals surface area contributed by atoms with Crippen LogP contribution >= 0.6 is 0 Å². The summed E-state index contributed by atoms with van der Waals surface area (Å²) in [6, 6.07) is 18.0. The lowest BCUT2D eigenvalue weighted by Gasteiger charge is -2.18. The van der Waals surface area contributed by atoms with Crippen molar-refractivity contribution in [1.29, 1.82) is 0 Å². The highest BCUT2D eigenvalue weighted by atomic mass is 19.2. The van der Waals surface area contributed by atoms with Gasteiger partial charge in [0.2, 0.25) is 0 Å². The van der Waals surface area contributed by atoms with E-state index in [2.05, 4.69) is 0 Å². The summed E-state index contributed by atoms with van der Waals surface area (Å²) in [6.45, 7) is 0. The highest BCUT2D eigenvalue weighted by Crippen LogP contribution is 2.45. The summed E-state index contributed by atoms with van der Waals surface area (Å²) in [6.07, 6.45) is 0. The molecule has 0 fully saturated rings. The molecule has 0 unspecified atom stereocenters. The Morgan fingerprint density at radius 2 is 1.00 bits per heavy atom. The Hall–Kier alpha value is -3.73. The highest BCUT2D eigenvalue weighted by Gasteiger charge is 2.21. The van der Waals surface area contributed by atoms with Crippen LogP contribution < -0.4 is 0 Å². The number of hydrogen-bond donors (Lipinski definition) is 0. The van der Waals surface area contributed by atoms with Crippen LogP contribution in [0, 0.1) is 29.1 Å². The van der Waals surface area contributed by atoms with Gasteiger partial charge in [0.15, 0.2) is 11.6 Å². The fourth-order valence-corrected chi connectivity index (χ4v) is 4.09. The van der Waals surface area contributed by atoms with Gasteiger partial charge in [0.05, 0.1) is 0 Å². The standard InChI is InChI=1S/C26H13F5/c27-15-6-8-17-19(10-15)25(14-4-2-1-3-5-14)20-12-23(30)24(31)13-21(20)26(17)18-9-7-16(28)11-22(18)29/h1-13H. The van der Waals surface area contributed by atoms with E-state index in [0.29, 0.717) is 27.3 Å². The highest BCUT2D eigenvalue weighted by molar-refractivity contribution is 6.21. The molecule has 0 nitrogen and oxygen atoms in total. The van der Waals surface area contributed by atoms with Crippen LogP contribution in [0.3, 0.4) is 0 Å². The first-order valence-corrected chi connectivity index (χ1v) is 9.49. The fraction of sp³-hybridized carbons (Fsp3) is 0. The molecule has 31 heavy (non-hydrogen) atoms. The number of fused-ring (bicyclic) bond motifs is 2. The van der Waals surface area contributed by atoms with E-state index in [1.165, 1.54) is 24.3 Å². The van der Waals surface area contributed by atoms with Crippen LogP contribution in [-0.2, 0) is 0 Å². The molecule has 0 amide bonds. The van der Waals surface area contributed by atoms with Crippen molar-refractivity contribution in [1.82, 2.24) is 0 Å². The van der Waals surface area contributed by atoms with Gasteiger partial charge in [-0.1, -0.05) is 36.4 Å². The molecule has 0 aromatic heterocycles. The minimum Gasteiger partial charge on any atom is -0.207 e. The Balaban J connectivity index is 2.06. The predicted octanol–water partition coefficient (Wildman–Crippen LogP) is 8.02. The second-order valence-electron chi connectivity index (χ2n) is 7.24. The van der Waals surface area contributed by atoms with Crippen molar-refractivity contribution in [3.8, 4) is 22.3 Å². The van der Waals surface area contributed by atoms with Gasteiger partial charge in [-0.3, -0.25) is 0 Å². The van der Waals surface area contributed by atoms with Gasteiger partial charge >= 0.3 is 0 Å². The fourth-order valence-electron chi connectivity index (χ4n) is 4.09. The average Bonchev–Trinajstić information content (AvgIpc) is 2.74.